The Balaban J connectivity index is 1.63. The zero-order chi connectivity index (χ0) is 17.4. The fourth-order valence-electron chi connectivity index (χ4n) is 4.00. The molecule has 4 rings (SSSR count). The first-order valence-electron chi connectivity index (χ1n) is 9.17. The Labute approximate surface area is 148 Å². The minimum atomic E-state index is 0.508. The number of anilines is 1. The highest BCUT2D eigenvalue weighted by molar-refractivity contribution is 5.93. The SMILES string of the molecule is CCn1cnnc1C1CCN(c2c(C)c(C)nc3ccccc23)CC1. The van der Waals surface area contributed by atoms with Crippen LogP contribution in [0.25, 0.3) is 10.9 Å². The number of hydrogen-bond acceptors (Lipinski definition) is 4. The van der Waals surface area contributed by atoms with Crippen LogP contribution in [0, 0.1) is 13.8 Å². The average Bonchev–Trinajstić information content (AvgIpc) is 3.12. The van der Waals surface area contributed by atoms with E-state index in [0.717, 1.165) is 49.5 Å². The van der Waals surface area contributed by atoms with Crippen molar-refractivity contribution in [2.24, 2.45) is 0 Å². The molecule has 0 unspecified atom stereocenters. The number of aryl methyl sites for hydroxylation is 2. The van der Waals surface area contributed by atoms with Crippen molar-refractivity contribution in [3.05, 3.63) is 47.7 Å². The number of nitrogens with zero attached hydrogens (tertiary/aromatic N) is 5. The van der Waals surface area contributed by atoms with E-state index in [2.05, 4.69) is 64.7 Å². The molecule has 1 aromatic carbocycles. The van der Waals surface area contributed by atoms with Gasteiger partial charge in [-0.1, -0.05) is 18.2 Å². The van der Waals surface area contributed by atoms with Crippen LogP contribution in [0.15, 0.2) is 30.6 Å². The van der Waals surface area contributed by atoms with E-state index in [4.69, 9.17) is 4.98 Å². The van der Waals surface area contributed by atoms with Crippen molar-refractivity contribution in [2.75, 3.05) is 18.0 Å². The van der Waals surface area contributed by atoms with E-state index in [-0.39, 0.29) is 0 Å². The van der Waals surface area contributed by atoms with Gasteiger partial charge in [0.1, 0.15) is 12.2 Å². The number of fused-ring (bicyclic) bond motifs is 1. The fraction of sp³-hybridized carbons (Fsp3) is 0.450. The largest absolute Gasteiger partial charge is 0.371 e. The third-order valence-corrected chi connectivity index (χ3v) is 5.51. The van der Waals surface area contributed by atoms with Crippen LogP contribution >= 0.6 is 0 Å². The summed E-state index contributed by atoms with van der Waals surface area (Å²) < 4.78 is 2.18. The van der Waals surface area contributed by atoms with E-state index >= 15 is 0 Å². The molecule has 3 heterocycles. The third-order valence-electron chi connectivity index (χ3n) is 5.51. The monoisotopic (exact) mass is 335 g/mol. The smallest absolute Gasteiger partial charge is 0.136 e. The van der Waals surface area contributed by atoms with Gasteiger partial charge >= 0.3 is 0 Å². The Hall–Kier alpha value is -2.43. The molecule has 5 nitrogen and oxygen atoms in total. The van der Waals surface area contributed by atoms with Gasteiger partial charge in [-0.05, 0) is 45.2 Å². The zero-order valence-corrected chi connectivity index (χ0v) is 15.2. The molecule has 0 aliphatic carbocycles. The highest BCUT2D eigenvalue weighted by Gasteiger charge is 2.26. The molecule has 0 atom stereocenters. The number of benzene rings is 1. The van der Waals surface area contributed by atoms with E-state index in [9.17, 15) is 0 Å². The quantitative estimate of drug-likeness (QED) is 0.729. The Kier molecular flexibility index (Phi) is 4.15. The normalized spacial score (nSPS) is 15.9. The minimum absolute atomic E-state index is 0.508. The summed E-state index contributed by atoms with van der Waals surface area (Å²) in [6.45, 7) is 9.50. The topological polar surface area (TPSA) is 46.8 Å². The summed E-state index contributed by atoms with van der Waals surface area (Å²) in [6, 6.07) is 8.49. The summed E-state index contributed by atoms with van der Waals surface area (Å²) >= 11 is 0. The minimum Gasteiger partial charge on any atom is -0.371 e. The number of aromatic nitrogens is 4. The lowest BCUT2D eigenvalue weighted by molar-refractivity contribution is 0.467. The molecule has 2 aromatic heterocycles. The van der Waals surface area contributed by atoms with E-state index < -0.39 is 0 Å². The Morgan fingerprint density at radius 2 is 1.88 bits per heavy atom. The number of hydrogen-bond donors (Lipinski definition) is 0. The van der Waals surface area contributed by atoms with Crippen LogP contribution in [0.3, 0.4) is 0 Å². The number of piperidine rings is 1. The summed E-state index contributed by atoms with van der Waals surface area (Å²) in [7, 11) is 0. The predicted octanol–water partition coefficient (Wildman–Crippen LogP) is 3.85. The van der Waals surface area contributed by atoms with Gasteiger partial charge in [-0.2, -0.15) is 0 Å². The van der Waals surface area contributed by atoms with Gasteiger partial charge in [-0.3, -0.25) is 4.98 Å². The lowest BCUT2D eigenvalue weighted by Gasteiger charge is -2.35. The van der Waals surface area contributed by atoms with Gasteiger partial charge in [0.15, 0.2) is 0 Å². The molecular weight excluding hydrogens is 310 g/mol. The third kappa shape index (κ3) is 2.77. The van der Waals surface area contributed by atoms with Gasteiger partial charge in [0.25, 0.3) is 0 Å². The molecule has 1 aliphatic rings. The first-order chi connectivity index (χ1) is 12.2. The second-order valence-corrected chi connectivity index (χ2v) is 6.92. The van der Waals surface area contributed by atoms with Crippen LogP contribution in [-0.4, -0.2) is 32.8 Å². The van der Waals surface area contributed by atoms with Gasteiger partial charge in [0.05, 0.1) is 11.2 Å². The van der Waals surface area contributed by atoms with E-state index in [0.29, 0.717) is 5.92 Å². The maximum Gasteiger partial charge on any atom is 0.136 e. The molecule has 1 saturated heterocycles. The van der Waals surface area contributed by atoms with Crippen LogP contribution in [0.1, 0.15) is 42.8 Å². The van der Waals surface area contributed by atoms with Crippen molar-refractivity contribution >= 4 is 16.6 Å². The molecule has 5 heteroatoms. The second kappa shape index (κ2) is 6.47. The second-order valence-electron chi connectivity index (χ2n) is 6.92. The molecule has 0 spiro atoms. The van der Waals surface area contributed by atoms with Crippen LogP contribution in [0.2, 0.25) is 0 Å². The van der Waals surface area contributed by atoms with Crippen LogP contribution in [0.4, 0.5) is 5.69 Å². The van der Waals surface area contributed by atoms with E-state index in [1.807, 2.05) is 6.33 Å². The molecule has 1 aliphatic heterocycles. The maximum atomic E-state index is 4.76. The van der Waals surface area contributed by atoms with Crippen molar-refractivity contribution in [1.29, 1.82) is 0 Å². The summed E-state index contributed by atoms with van der Waals surface area (Å²) in [5.41, 5.74) is 4.88. The fourth-order valence-corrected chi connectivity index (χ4v) is 4.00. The molecule has 0 saturated carbocycles. The standard InChI is InChI=1S/C20H25N5/c1-4-24-13-21-23-20(24)16-9-11-25(12-10-16)19-14(2)15(3)22-18-8-6-5-7-17(18)19/h5-8,13,16H,4,9-12H2,1-3H3. The number of para-hydroxylation sites is 1. The van der Waals surface area contributed by atoms with Crippen molar-refractivity contribution in [3.8, 4) is 0 Å². The van der Waals surface area contributed by atoms with Gasteiger partial charge < -0.3 is 9.47 Å². The number of rotatable bonds is 3. The summed E-state index contributed by atoms with van der Waals surface area (Å²) in [5, 5.41) is 9.74. The molecule has 1 fully saturated rings. The summed E-state index contributed by atoms with van der Waals surface area (Å²) in [5.74, 6) is 1.66. The molecule has 3 aromatic rings. The van der Waals surface area contributed by atoms with Gasteiger partial charge in [0.2, 0.25) is 0 Å². The Morgan fingerprint density at radius 3 is 2.64 bits per heavy atom. The molecule has 0 bridgehead atoms. The lowest BCUT2D eigenvalue weighted by atomic mass is 9.94. The van der Waals surface area contributed by atoms with Gasteiger partial charge in [-0.15, -0.1) is 10.2 Å². The molecular formula is C20H25N5. The molecule has 0 N–H and O–H groups in total. The lowest BCUT2D eigenvalue weighted by Crippen LogP contribution is -2.34. The van der Waals surface area contributed by atoms with E-state index in [1.54, 1.807) is 0 Å². The Bertz CT molecular complexity index is 890. The first-order valence-corrected chi connectivity index (χ1v) is 9.17. The maximum absolute atomic E-state index is 4.76. The predicted molar refractivity (Wildman–Crippen MR) is 101 cm³/mol. The highest BCUT2D eigenvalue weighted by atomic mass is 15.3. The van der Waals surface area contributed by atoms with Gasteiger partial charge in [-0.25, -0.2) is 0 Å². The first kappa shape index (κ1) is 16.1. The number of pyridine rings is 1. The molecule has 0 amide bonds. The van der Waals surface area contributed by atoms with Crippen LogP contribution in [-0.2, 0) is 6.54 Å². The summed E-state index contributed by atoms with van der Waals surface area (Å²) in [4.78, 5) is 7.30. The Morgan fingerprint density at radius 1 is 1.12 bits per heavy atom. The van der Waals surface area contributed by atoms with E-state index in [1.165, 1.54) is 16.6 Å². The van der Waals surface area contributed by atoms with Crippen LogP contribution in [0.5, 0.6) is 0 Å². The van der Waals surface area contributed by atoms with Crippen molar-refractivity contribution in [1.82, 2.24) is 19.7 Å². The van der Waals surface area contributed by atoms with Gasteiger partial charge in [0, 0.05) is 36.6 Å². The highest BCUT2D eigenvalue weighted by Crippen LogP contribution is 2.35. The summed E-state index contributed by atoms with van der Waals surface area (Å²) in [6.07, 6.45) is 4.09. The van der Waals surface area contributed by atoms with Crippen molar-refractivity contribution in [3.63, 3.8) is 0 Å². The van der Waals surface area contributed by atoms with Crippen LogP contribution < -0.4 is 4.90 Å². The average molecular weight is 335 g/mol. The van der Waals surface area contributed by atoms with Crippen molar-refractivity contribution < 1.29 is 0 Å². The van der Waals surface area contributed by atoms with Crippen molar-refractivity contribution in [2.45, 2.75) is 46.1 Å². The molecule has 130 valence electrons. The zero-order valence-electron chi connectivity index (χ0n) is 15.2. The molecule has 25 heavy (non-hydrogen) atoms. The molecule has 0 radical (unpaired) electrons.